The molecule has 0 radical (unpaired) electrons. The normalized spacial score (nSPS) is 10.8. The molecule has 0 saturated carbocycles. The van der Waals surface area contributed by atoms with Gasteiger partial charge >= 0.3 is 0 Å². The molecule has 0 aliphatic heterocycles. The molecular weight excluding hydrogens is 238 g/mol. The maximum Gasteiger partial charge on any atom is 0.159 e. The van der Waals surface area contributed by atoms with E-state index in [1.807, 2.05) is 48.9 Å². The van der Waals surface area contributed by atoms with Crippen LogP contribution in [0.15, 0.2) is 36.5 Å². The van der Waals surface area contributed by atoms with E-state index in [-0.39, 0.29) is 0 Å². The van der Waals surface area contributed by atoms with E-state index in [1.54, 1.807) is 6.20 Å². The first-order valence-electron chi connectivity index (χ1n) is 6.05. The van der Waals surface area contributed by atoms with E-state index in [0.29, 0.717) is 11.1 Å². The lowest BCUT2D eigenvalue weighted by Crippen LogP contribution is -1.95. The summed E-state index contributed by atoms with van der Waals surface area (Å²) in [6.45, 7) is 1.89. The van der Waals surface area contributed by atoms with Gasteiger partial charge in [-0.1, -0.05) is 30.3 Å². The number of hydrogen-bond donors (Lipinski definition) is 0. The smallest absolute Gasteiger partial charge is 0.159 e. The Labute approximate surface area is 110 Å². The van der Waals surface area contributed by atoms with Gasteiger partial charge in [-0.15, -0.1) is 0 Å². The zero-order chi connectivity index (χ0) is 13.4. The van der Waals surface area contributed by atoms with Gasteiger partial charge in [0.2, 0.25) is 0 Å². The average Bonchev–Trinajstić information content (AvgIpc) is 2.72. The summed E-state index contributed by atoms with van der Waals surface area (Å²) >= 11 is 0. The molecule has 4 nitrogen and oxygen atoms in total. The predicted octanol–water partition coefficient (Wildman–Crippen LogP) is 2.76. The third-order valence-corrected chi connectivity index (χ3v) is 3.20. The SMILES string of the molecule is Cc1cnc2c(C=O)c(-c3ccccc3)n(C)c2n1. The van der Waals surface area contributed by atoms with Crippen LogP contribution in [0.25, 0.3) is 22.4 Å². The summed E-state index contributed by atoms with van der Waals surface area (Å²) in [5, 5.41) is 0. The summed E-state index contributed by atoms with van der Waals surface area (Å²) < 4.78 is 1.92. The number of aldehydes is 1. The van der Waals surface area contributed by atoms with Crippen molar-refractivity contribution < 1.29 is 4.79 Å². The molecule has 4 heteroatoms. The summed E-state index contributed by atoms with van der Waals surface area (Å²) in [6, 6.07) is 9.82. The maximum atomic E-state index is 11.4. The molecule has 1 aromatic carbocycles. The van der Waals surface area contributed by atoms with Crippen LogP contribution in [0.1, 0.15) is 16.1 Å². The molecule has 0 aliphatic carbocycles. The zero-order valence-corrected chi connectivity index (χ0v) is 10.8. The molecule has 0 spiro atoms. The van der Waals surface area contributed by atoms with Crippen LogP contribution in [0.4, 0.5) is 0 Å². The molecule has 19 heavy (non-hydrogen) atoms. The molecular formula is C15H13N3O. The van der Waals surface area contributed by atoms with Crippen LogP contribution in [0.5, 0.6) is 0 Å². The molecule has 3 rings (SSSR count). The molecule has 2 aromatic heterocycles. The number of aromatic nitrogens is 3. The fraction of sp³-hybridized carbons (Fsp3) is 0.133. The Hall–Kier alpha value is -2.49. The Kier molecular flexibility index (Phi) is 2.63. The van der Waals surface area contributed by atoms with E-state index in [9.17, 15) is 4.79 Å². The van der Waals surface area contributed by atoms with Gasteiger partial charge in [0.15, 0.2) is 11.9 Å². The number of nitrogens with zero attached hydrogens (tertiary/aromatic N) is 3. The van der Waals surface area contributed by atoms with Crippen molar-refractivity contribution in [1.82, 2.24) is 14.5 Å². The van der Waals surface area contributed by atoms with Crippen LogP contribution < -0.4 is 0 Å². The number of benzene rings is 1. The second-order valence-electron chi connectivity index (χ2n) is 4.49. The minimum Gasteiger partial charge on any atom is -0.326 e. The van der Waals surface area contributed by atoms with Gasteiger partial charge in [-0.3, -0.25) is 9.78 Å². The molecule has 2 heterocycles. The molecule has 0 amide bonds. The van der Waals surface area contributed by atoms with E-state index in [0.717, 1.165) is 28.9 Å². The van der Waals surface area contributed by atoms with E-state index < -0.39 is 0 Å². The van der Waals surface area contributed by atoms with Crippen LogP contribution in [-0.4, -0.2) is 20.8 Å². The minimum atomic E-state index is 0.594. The summed E-state index contributed by atoms with van der Waals surface area (Å²) in [6.07, 6.45) is 2.54. The van der Waals surface area contributed by atoms with E-state index in [1.165, 1.54) is 0 Å². The number of fused-ring (bicyclic) bond motifs is 1. The molecule has 0 saturated heterocycles. The van der Waals surface area contributed by atoms with Crippen LogP contribution in [-0.2, 0) is 7.05 Å². The van der Waals surface area contributed by atoms with Gasteiger partial charge in [-0.05, 0) is 12.5 Å². The molecule has 3 aromatic rings. The predicted molar refractivity (Wildman–Crippen MR) is 74.1 cm³/mol. The van der Waals surface area contributed by atoms with E-state index in [2.05, 4.69) is 9.97 Å². The number of carbonyl (C=O) groups excluding carboxylic acids is 1. The number of rotatable bonds is 2. The van der Waals surface area contributed by atoms with Crippen molar-refractivity contribution in [1.29, 1.82) is 0 Å². The fourth-order valence-corrected chi connectivity index (χ4v) is 2.34. The van der Waals surface area contributed by atoms with Crippen molar-refractivity contribution in [2.45, 2.75) is 6.92 Å². The summed E-state index contributed by atoms with van der Waals surface area (Å²) in [5.74, 6) is 0. The fourth-order valence-electron chi connectivity index (χ4n) is 2.34. The topological polar surface area (TPSA) is 47.8 Å². The Morgan fingerprint density at radius 2 is 1.95 bits per heavy atom. The van der Waals surface area contributed by atoms with Gasteiger partial charge in [0, 0.05) is 13.2 Å². The lowest BCUT2D eigenvalue weighted by molar-refractivity contribution is 0.112. The van der Waals surface area contributed by atoms with Crippen molar-refractivity contribution in [3.8, 4) is 11.3 Å². The van der Waals surface area contributed by atoms with Crippen molar-refractivity contribution in [3.63, 3.8) is 0 Å². The van der Waals surface area contributed by atoms with Gasteiger partial charge in [0.25, 0.3) is 0 Å². The molecule has 94 valence electrons. The first-order chi connectivity index (χ1) is 9.22. The van der Waals surface area contributed by atoms with Gasteiger partial charge in [-0.25, -0.2) is 4.98 Å². The van der Waals surface area contributed by atoms with Crippen LogP contribution in [0, 0.1) is 6.92 Å². The third-order valence-electron chi connectivity index (χ3n) is 3.20. The molecule has 0 N–H and O–H groups in total. The van der Waals surface area contributed by atoms with Crippen molar-refractivity contribution in [3.05, 3.63) is 47.8 Å². The highest BCUT2D eigenvalue weighted by Gasteiger charge is 2.18. The summed E-state index contributed by atoms with van der Waals surface area (Å²) in [7, 11) is 1.91. The van der Waals surface area contributed by atoms with Gasteiger partial charge in [0.1, 0.15) is 5.52 Å². The van der Waals surface area contributed by atoms with Crippen LogP contribution in [0.2, 0.25) is 0 Å². The Morgan fingerprint density at radius 1 is 1.21 bits per heavy atom. The molecule has 0 atom stereocenters. The quantitative estimate of drug-likeness (QED) is 0.658. The Balaban J connectivity index is 2.42. The number of carbonyl (C=O) groups is 1. The lowest BCUT2D eigenvalue weighted by Gasteiger charge is -2.04. The standard InChI is InChI=1S/C15H13N3O/c1-10-8-16-13-12(9-19)14(18(2)15(13)17-10)11-6-4-3-5-7-11/h3-9H,1-2H3. The van der Waals surface area contributed by atoms with Crippen molar-refractivity contribution >= 4 is 17.5 Å². The van der Waals surface area contributed by atoms with Gasteiger partial charge in [-0.2, -0.15) is 0 Å². The monoisotopic (exact) mass is 251 g/mol. The van der Waals surface area contributed by atoms with Crippen molar-refractivity contribution in [2.24, 2.45) is 7.05 Å². The van der Waals surface area contributed by atoms with Gasteiger partial charge in [0.05, 0.1) is 17.0 Å². The van der Waals surface area contributed by atoms with E-state index in [4.69, 9.17) is 0 Å². The highest BCUT2D eigenvalue weighted by atomic mass is 16.1. The molecule has 0 aliphatic rings. The second kappa shape index (κ2) is 4.31. The highest BCUT2D eigenvalue weighted by Crippen LogP contribution is 2.29. The average molecular weight is 251 g/mol. The maximum absolute atomic E-state index is 11.4. The highest BCUT2D eigenvalue weighted by molar-refractivity contribution is 6.01. The van der Waals surface area contributed by atoms with Crippen molar-refractivity contribution in [2.75, 3.05) is 0 Å². The first-order valence-corrected chi connectivity index (χ1v) is 6.05. The lowest BCUT2D eigenvalue weighted by atomic mass is 10.1. The summed E-state index contributed by atoms with van der Waals surface area (Å²) in [4.78, 5) is 20.2. The number of hydrogen-bond acceptors (Lipinski definition) is 3. The Bertz CT molecular complexity index is 760. The largest absolute Gasteiger partial charge is 0.326 e. The third kappa shape index (κ3) is 1.73. The van der Waals surface area contributed by atoms with Crippen LogP contribution in [0.3, 0.4) is 0 Å². The minimum absolute atomic E-state index is 0.594. The van der Waals surface area contributed by atoms with Gasteiger partial charge < -0.3 is 4.57 Å². The molecule has 0 bridgehead atoms. The number of aryl methyl sites for hydroxylation is 2. The second-order valence-corrected chi connectivity index (χ2v) is 4.49. The Morgan fingerprint density at radius 3 is 2.63 bits per heavy atom. The van der Waals surface area contributed by atoms with Crippen LogP contribution >= 0.6 is 0 Å². The summed E-state index contributed by atoms with van der Waals surface area (Å²) in [5.41, 5.74) is 4.67. The first kappa shape index (κ1) is 11.6. The van der Waals surface area contributed by atoms with E-state index >= 15 is 0 Å². The zero-order valence-electron chi connectivity index (χ0n) is 10.8. The molecule has 0 unspecified atom stereocenters. The molecule has 0 fully saturated rings.